The lowest BCUT2D eigenvalue weighted by Gasteiger charge is -2.09. The van der Waals surface area contributed by atoms with Crippen molar-refractivity contribution in [2.75, 3.05) is 6.61 Å². The molecule has 0 saturated carbocycles. The smallest absolute Gasteiger partial charge is 0.145 e. The van der Waals surface area contributed by atoms with E-state index in [1.165, 1.54) is 0 Å². The molecule has 2 aromatic rings. The second-order valence-corrected chi connectivity index (χ2v) is 4.56. The Hall–Kier alpha value is -1.91. The first-order valence-corrected chi connectivity index (χ1v) is 6.74. The van der Waals surface area contributed by atoms with Crippen molar-refractivity contribution in [3.8, 4) is 11.5 Å². The number of aliphatic hydroxyl groups excluding tert-OH is 2. The first kappa shape index (κ1) is 14.5. The summed E-state index contributed by atoms with van der Waals surface area (Å²) in [5.74, 6) is 1.35. The van der Waals surface area contributed by atoms with Crippen molar-refractivity contribution in [1.82, 2.24) is 4.98 Å². The van der Waals surface area contributed by atoms with E-state index >= 15 is 0 Å². The van der Waals surface area contributed by atoms with Crippen LogP contribution in [-0.2, 0) is 6.42 Å². The zero-order valence-electron chi connectivity index (χ0n) is 11.5. The molecule has 1 atom stereocenters. The summed E-state index contributed by atoms with van der Waals surface area (Å²) >= 11 is 0. The fourth-order valence-electron chi connectivity index (χ4n) is 1.85. The van der Waals surface area contributed by atoms with Crippen molar-refractivity contribution >= 4 is 0 Å². The van der Waals surface area contributed by atoms with Crippen molar-refractivity contribution in [2.24, 2.45) is 0 Å². The zero-order valence-corrected chi connectivity index (χ0v) is 11.5. The molecule has 4 nitrogen and oxygen atoms in total. The third-order valence-electron chi connectivity index (χ3n) is 3.05. The summed E-state index contributed by atoms with van der Waals surface area (Å²) in [6.45, 7) is 2.05. The van der Waals surface area contributed by atoms with Crippen LogP contribution in [0, 0.1) is 0 Å². The molecule has 0 fully saturated rings. The SMILES string of the molecule is CC[C@@H](O)c1ccc(Oc2ccc(CCO)cc2)cn1. The van der Waals surface area contributed by atoms with Gasteiger partial charge in [-0.05, 0) is 42.7 Å². The molecule has 0 spiro atoms. The van der Waals surface area contributed by atoms with E-state index in [1.54, 1.807) is 18.3 Å². The number of pyridine rings is 1. The molecule has 0 radical (unpaired) electrons. The Morgan fingerprint density at radius 3 is 2.35 bits per heavy atom. The van der Waals surface area contributed by atoms with Gasteiger partial charge >= 0.3 is 0 Å². The summed E-state index contributed by atoms with van der Waals surface area (Å²) in [7, 11) is 0. The molecule has 0 amide bonds. The van der Waals surface area contributed by atoms with Crippen LogP contribution in [0.15, 0.2) is 42.6 Å². The Labute approximate surface area is 118 Å². The predicted octanol–water partition coefficient (Wildman–Crippen LogP) is 2.85. The van der Waals surface area contributed by atoms with Crippen molar-refractivity contribution in [1.29, 1.82) is 0 Å². The highest BCUT2D eigenvalue weighted by Crippen LogP contribution is 2.23. The lowest BCUT2D eigenvalue weighted by molar-refractivity contribution is 0.169. The Balaban J connectivity index is 2.02. The van der Waals surface area contributed by atoms with Gasteiger partial charge in [0.25, 0.3) is 0 Å². The number of benzene rings is 1. The maximum absolute atomic E-state index is 9.67. The van der Waals surface area contributed by atoms with E-state index in [0.717, 1.165) is 11.3 Å². The highest BCUT2D eigenvalue weighted by molar-refractivity contribution is 5.32. The third-order valence-corrected chi connectivity index (χ3v) is 3.05. The van der Waals surface area contributed by atoms with Gasteiger partial charge in [-0.3, -0.25) is 4.98 Å². The molecule has 0 saturated heterocycles. The summed E-state index contributed by atoms with van der Waals surface area (Å²) in [4.78, 5) is 4.18. The molecule has 106 valence electrons. The molecule has 1 aromatic heterocycles. The molecule has 0 bridgehead atoms. The van der Waals surface area contributed by atoms with Crippen LogP contribution in [0.3, 0.4) is 0 Å². The second kappa shape index (κ2) is 7.03. The van der Waals surface area contributed by atoms with E-state index in [9.17, 15) is 5.11 Å². The monoisotopic (exact) mass is 273 g/mol. The first-order valence-electron chi connectivity index (χ1n) is 6.74. The summed E-state index contributed by atoms with van der Waals surface area (Å²) in [6.07, 6.45) is 2.36. The number of rotatable bonds is 6. The van der Waals surface area contributed by atoms with Crippen LogP contribution in [0.25, 0.3) is 0 Å². The minimum absolute atomic E-state index is 0.144. The Kier molecular flexibility index (Phi) is 5.09. The summed E-state index contributed by atoms with van der Waals surface area (Å²) in [5.41, 5.74) is 1.72. The Bertz CT molecular complexity index is 522. The van der Waals surface area contributed by atoms with Gasteiger partial charge in [-0.1, -0.05) is 19.1 Å². The number of aliphatic hydroxyl groups is 2. The van der Waals surface area contributed by atoms with E-state index in [4.69, 9.17) is 9.84 Å². The average Bonchev–Trinajstić information content (AvgIpc) is 2.49. The van der Waals surface area contributed by atoms with Gasteiger partial charge in [0.2, 0.25) is 0 Å². The predicted molar refractivity (Wildman–Crippen MR) is 76.8 cm³/mol. The molecule has 20 heavy (non-hydrogen) atoms. The number of ether oxygens (including phenoxy) is 1. The fraction of sp³-hybridized carbons (Fsp3) is 0.312. The molecule has 4 heteroatoms. The number of hydrogen-bond donors (Lipinski definition) is 2. The van der Waals surface area contributed by atoms with Crippen molar-refractivity contribution in [3.63, 3.8) is 0 Å². The molecular formula is C16H19NO3. The van der Waals surface area contributed by atoms with Crippen molar-refractivity contribution < 1.29 is 14.9 Å². The molecule has 0 aliphatic heterocycles. The molecule has 2 rings (SSSR count). The van der Waals surface area contributed by atoms with E-state index in [1.807, 2.05) is 31.2 Å². The quantitative estimate of drug-likeness (QED) is 0.849. The van der Waals surface area contributed by atoms with Crippen LogP contribution < -0.4 is 4.74 Å². The summed E-state index contributed by atoms with van der Waals surface area (Å²) in [5, 5.41) is 18.5. The van der Waals surface area contributed by atoms with Gasteiger partial charge in [0.15, 0.2) is 0 Å². The summed E-state index contributed by atoms with van der Waals surface area (Å²) in [6, 6.07) is 11.1. The molecule has 0 unspecified atom stereocenters. The molecule has 1 aromatic carbocycles. The Morgan fingerprint density at radius 2 is 1.80 bits per heavy atom. The van der Waals surface area contributed by atoms with Gasteiger partial charge in [-0.25, -0.2) is 0 Å². The van der Waals surface area contributed by atoms with Crippen LogP contribution in [-0.4, -0.2) is 21.8 Å². The normalized spacial score (nSPS) is 12.2. The van der Waals surface area contributed by atoms with Crippen molar-refractivity contribution in [2.45, 2.75) is 25.9 Å². The van der Waals surface area contributed by atoms with Crippen molar-refractivity contribution in [3.05, 3.63) is 53.9 Å². The second-order valence-electron chi connectivity index (χ2n) is 4.56. The van der Waals surface area contributed by atoms with Gasteiger partial charge in [-0.15, -0.1) is 0 Å². The van der Waals surface area contributed by atoms with Gasteiger partial charge in [0, 0.05) is 6.61 Å². The van der Waals surface area contributed by atoms with Gasteiger partial charge in [-0.2, -0.15) is 0 Å². The van der Waals surface area contributed by atoms with Crippen LogP contribution in [0.4, 0.5) is 0 Å². The van der Waals surface area contributed by atoms with Gasteiger partial charge in [0.05, 0.1) is 18.0 Å². The Morgan fingerprint density at radius 1 is 1.10 bits per heavy atom. The largest absolute Gasteiger partial charge is 0.456 e. The molecule has 0 aliphatic rings. The molecular weight excluding hydrogens is 254 g/mol. The van der Waals surface area contributed by atoms with E-state index in [-0.39, 0.29) is 6.61 Å². The molecule has 1 heterocycles. The van der Waals surface area contributed by atoms with Crippen LogP contribution in [0.2, 0.25) is 0 Å². The fourth-order valence-corrected chi connectivity index (χ4v) is 1.85. The van der Waals surface area contributed by atoms with E-state index in [2.05, 4.69) is 4.98 Å². The minimum Gasteiger partial charge on any atom is -0.456 e. The number of hydrogen-bond acceptors (Lipinski definition) is 4. The van der Waals surface area contributed by atoms with Gasteiger partial charge in [0.1, 0.15) is 11.5 Å². The van der Waals surface area contributed by atoms with Gasteiger partial charge < -0.3 is 14.9 Å². The molecule has 0 aliphatic carbocycles. The zero-order chi connectivity index (χ0) is 14.4. The number of aromatic nitrogens is 1. The van der Waals surface area contributed by atoms with Crippen LogP contribution in [0.5, 0.6) is 11.5 Å². The van der Waals surface area contributed by atoms with Crippen LogP contribution >= 0.6 is 0 Å². The lowest BCUT2D eigenvalue weighted by Crippen LogP contribution is -1.98. The number of nitrogens with zero attached hydrogens (tertiary/aromatic N) is 1. The van der Waals surface area contributed by atoms with E-state index < -0.39 is 6.10 Å². The molecule has 2 N–H and O–H groups in total. The summed E-state index contributed by atoms with van der Waals surface area (Å²) < 4.78 is 5.67. The van der Waals surface area contributed by atoms with E-state index in [0.29, 0.717) is 24.3 Å². The highest BCUT2D eigenvalue weighted by atomic mass is 16.5. The third kappa shape index (κ3) is 3.79. The first-order chi connectivity index (χ1) is 9.72. The average molecular weight is 273 g/mol. The maximum atomic E-state index is 9.67. The topological polar surface area (TPSA) is 62.6 Å². The lowest BCUT2D eigenvalue weighted by atomic mass is 10.1. The minimum atomic E-state index is -0.526. The van der Waals surface area contributed by atoms with Crippen LogP contribution in [0.1, 0.15) is 30.7 Å². The highest BCUT2D eigenvalue weighted by Gasteiger charge is 2.06. The standard InChI is InChI=1S/C16H19NO3/c1-2-16(19)15-8-7-14(11-17-15)20-13-5-3-12(4-6-13)9-10-18/h3-8,11,16,18-19H,2,9-10H2,1H3/t16-/m1/s1. The maximum Gasteiger partial charge on any atom is 0.145 e.